The molecule has 1 amide bonds. The Morgan fingerprint density at radius 1 is 1.00 bits per heavy atom. The number of carbonyl (C=O) groups excluding carboxylic acids is 2. The molecule has 0 saturated heterocycles. The quantitative estimate of drug-likeness (QED) is 0.846. The molecule has 0 aliphatic heterocycles. The molecule has 0 aromatic heterocycles. The van der Waals surface area contributed by atoms with Gasteiger partial charge in [0.25, 0.3) is 5.91 Å². The molecule has 0 spiro atoms. The molecule has 3 nitrogen and oxygen atoms in total. The minimum Gasteiger partial charge on any atom is -0.342 e. The topological polar surface area (TPSA) is 46.2 Å². The fraction of sp³-hybridized carbons (Fsp3) is 0.429. The zero-order chi connectivity index (χ0) is 17.1. The van der Waals surface area contributed by atoms with E-state index in [1.165, 1.54) is 38.1 Å². The lowest BCUT2D eigenvalue weighted by Crippen LogP contribution is -2.56. The van der Waals surface area contributed by atoms with Gasteiger partial charge in [0.15, 0.2) is 0 Å². The smallest absolute Gasteiger partial charge is 0.342 e. The predicted octanol–water partition coefficient (Wildman–Crippen LogP) is 3.21. The van der Waals surface area contributed by atoms with Gasteiger partial charge in [0.05, 0.1) is 6.04 Å². The van der Waals surface area contributed by atoms with E-state index in [-0.39, 0.29) is 5.56 Å². The zero-order valence-electron chi connectivity index (χ0n) is 11.7. The second-order valence-electron chi connectivity index (χ2n) is 5.00. The summed E-state index contributed by atoms with van der Waals surface area (Å²) in [6, 6.07) is 5.32. The number of Topliss-reactive ketones (excluding diaryl/α,β-unsaturated/α-hetero) is 1. The summed E-state index contributed by atoms with van der Waals surface area (Å²) in [5.41, 5.74) is 0.0521. The van der Waals surface area contributed by atoms with Crippen LogP contribution < -0.4 is 5.32 Å². The Morgan fingerprint density at radius 2 is 1.50 bits per heavy atom. The number of benzene rings is 1. The van der Waals surface area contributed by atoms with E-state index in [9.17, 15) is 31.5 Å². The van der Waals surface area contributed by atoms with E-state index in [0.29, 0.717) is 0 Å². The number of hydrogen-bond acceptors (Lipinski definition) is 2. The summed E-state index contributed by atoms with van der Waals surface area (Å²) in [7, 11) is 0. The average Bonchev–Trinajstić information content (AvgIpc) is 2.43. The first kappa shape index (κ1) is 18.1. The summed E-state index contributed by atoms with van der Waals surface area (Å²) in [4.78, 5) is 23.4. The SMILES string of the molecule is CC(C)C(NC(=O)c1ccccc1)C(=O)C(F)(F)C(F)(F)F. The maximum atomic E-state index is 13.2. The predicted molar refractivity (Wildman–Crippen MR) is 68.5 cm³/mol. The van der Waals surface area contributed by atoms with Crippen molar-refractivity contribution in [1.29, 1.82) is 0 Å². The van der Waals surface area contributed by atoms with Crippen LogP contribution in [0.3, 0.4) is 0 Å². The molecule has 122 valence electrons. The third-order valence-electron chi connectivity index (χ3n) is 2.94. The van der Waals surface area contributed by atoms with Gasteiger partial charge in [-0.25, -0.2) is 0 Å². The van der Waals surface area contributed by atoms with Crippen molar-refractivity contribution in [1.82, 2.24) is 5.32 Å². The summed E-state index contributed by atoms with van der Waals surface area (Å²) in [5, 5.41) is 1.94. The highest BCUT2D eigenvalue weighted by atomic mass is 19.4. The minimum absolute atomic E-state index is 0.0521. The molecule has 1 aromatic carbocycles. The van der Waals surface area contributed by atoms with Crippen molar-refractivity contribution in [3.05, 3.63) is 35.9 Å². The van der Waals surface area contributed by atoms with Gasteiger partial charge in [-0.3, -0.25) is 9.59 Å². The standard InChI is InChI=1S/C14H14F5NO2/c1-8(2)10(11(21)13(15,16)14(17,18)19)20-12(22)9-6-4-3-5-7-9/h3-8,10H,1-2H3,(H,20,22). The molecule has 0 radical (unpaired) electrons. The van der Waals surface area contributed by atoms with E-state index < -0.39 is 35.7 Å². The lowest BCUT2D eigenvalue weighted by Gasteiger charge is -2.26. The van der Waals surface area contributed by atoms with Gasteiger partial charge < -0.3 is 5.32 Å². The summed E-state index contributed by atoms with van der Waals surface area (Å²) in [6.45, 7) is 2.53. The van der Waals surface area contributed by atoms with Gasteiger partial charge in [-0.2, -0.15) is 22.0 Å². The number of ketones is 1. The van der Waals surface area contributed by atoms with Crippen LogP contribution in [-0.4, -0.2) is 29.8 Å². The van der Waals surface area contributed by atoms with Crippen LogP contribution in [0, 0.1) is 5.92 Å². The number of carbonyl (C=O) groups is 2. The first-order valence-electron chi connectivity index (χ1n) is 6.33. The van der Waals surface area contributed by atoms with Gasteiger partial charge in [-0.1, -0.05) is 32.0 Å². The van der Waals surface area contributed by atoms with Gasteiger partial charge in [-0.15, -0.1) is 0 Å². The van der Waals surface area contributed by atoms with Gasteiger partial charge in [0, 0.05) is 5.56 Å². The molecule has 0 fully saturated rings. The van der Waals surface area contributed by atoms with Crippen molar-refractivity contribution >= 4 is 11.7 Å². The van der Waals surface area contributed by atoms with E-state index in [1.54, 1.807) is 6.07 Å². The van der Waals surface area contributed by atoms with E-state index >= 15 is 0 Å². The molecule has 1 unspecified atom stereocenters. The van der Waals surface area contributed by atoms with Crippen molar-refractivity contribution < 1.29 is 31.5 Å². The number of rotatable bonds is 5. The maximum absolute atomic E-state index is 13.2. The Morgan fingerprint density at radius 3 is 1.91 bits per heavy atom. The average molecular weight is 323 g/mol. The van der Waals surface area contributed by atoms with E-state index in [4.69, 9.17) is 0 Å². The van der Waals surface area contributed by atoms with Crippen LogP contribution in [0.1, 0.15) is 24.2 Å². The molecule has 0 bridgehead atoms. The molecule has 1 atom stereocenters. The molecule has 1 N–H and O–H groups in total. The fourth-order valence-electron chi connectivity index (χ4n) is 1.68. The largest absolute Gasteiger partial charge is 0.461 e. The van der Waals surface area contributed by atoms with Gasteiger partial charge >= 0.3 is 12.1 Å². The second kappa shape index (κ2) is 6.41. The number of hydrogen-bond donors (Lipinski definition) is 1. The summed E-state index contributed by atoms with van der Waals surface area (Å²) >= 11 is 0. The number of halogens is 5. The van der Waals surface area contributed by atoms with Crippen molar-refractivity contribution in [2.75, 3.05) is 0 Å². The molecule has 8 heteroatoms. The second-order valence-corrected chi connectivity index (χ2v) is 5.00. The third kappa shape index (κ3) is 3.80. The van der Waals surface area contributed by atoms with Gasteiger partial charge in [0.1, 0.15) is 0 Å². The maximum Gasteiger partial charge on any atom is 0.461 e. The summed E-state index contributed by atoms with van der Waals surface area (Å²) in [6.07, 6.45) is -6.01. The highest BCUT2D eigenvalue weighted by Gasteiger charge is 2.64. The highest BCUT2D eigenvalue weighted by Crippen LogP contribution is 2.37. The Bertz CT molecular complexity index is 540. The molecule has 22 heavy (non-hydrogen) atoms. The Hall–Kier alpha value is -1.99. The lowest BCUT2D eigenvalue weighted by atomic mass is 9.95. The molecular weight excluding hydrogens is 309 g/mol. The summed E-state index contributed by atoms with van der Waals surface area (Å²) in [5.74, 6) is -9.73. The highest BCUT2D eigenvalue weighted by molar-refractivity contribution is 6.00. The molecular formula is C14H14F5NO2. The van der Waals surface area contributed by atoms with Crippen molar-refractivity contribution in [2.45, 2.75) is 32.0 Å². The third-order valence-corrected chi connectivity index (χ3v) is 2.94. The van der Waals surface area contributed by atoms with E-state index in [0.717, 1.165) is 0 Å². The molecule has 1 rings (SSSR count). The molecule has 1 aromatic rings. The van der Waals surface area contributed by atoms with E-state index in [1.807, 2.05) is 5.32 Å². The molecule has 0 heterocycles. The number of nitrogens with one attached hydrogen (secondary N) is 1. The lowest BCUT2D eigenvalue weighted by molar-refractivity contribution is -0.269. The van der Waals surface area contributed by atoms with Crippen molar-refractivity contribution in [3.8, 4) is 0 Å². The molecule has 0 saturated carbocycles. The van der Waals surface area contributed by atoms with E-state index in [2.05, 4.69) is 0 Å². The van der Waals surface area contributed by atoms with Crippen LogP contribution in [0.4, 0.5) is 22.0 Å². The Balaban J connectivity index is 3.01. The van der Waals surface area contributed by atoms with Crippen LogP contribution in [0.5, 0.6) is 0 Å². The Kier molecular flexibility index (Phi) is 5.26. The van der Waals surface area contributed by atoms with Crippen LogP contribution in [0.2, 0.25) is 0 Å². The van der Waals surface area contributed by atoms with Gasteiger partial charge in [0.2, 0.25) is 5.78 Å². The monoisotopic (exact) mass is 323 g/mol. The van der Waals surface area contributed by atoms with Gasteiger partial charge in [-0.05, 0) is 18.1 Å². The molecule has 0 aliphatic carbocycles. The van der Waals surface area contributed by atoms with Crippen molar-refractivity contribution in [3.63, 3.8) is 0 Å². The molecule has 0 aliphatic rings. The Labute approximate surface area is 123 Å². The number of amides is 1. The zero-order valence-corrected chi connectivity index (χ0v) is 11.7. The van der Waals surface area contributed by atoms with Crippen LogP contribution in [0.15, 0.2) is 30.3 Å². The number of alkyl halides is 5. The van der Waals surface area contributed by atoms with Crippen LogP contribution in [-0.2, 0) is 4.79 Å². The first-order valence-corrected chi connectivity index (χ1v) is 6.33. The fourth-order valence-corrected chi connectivity index (χ4v) is 1.68. The van der Waals surface area contributed by atoms with Crippen molar-refractivity contribution in [2.24, 2.45) is 5.92 Å². The summed E-state index contributed by atoms with van der Waals surface area (Å²) < 4.78 is 63.2. The van der Waals surface area contributed by atoms with Crippen LogP contribution in [0.25, 0.3) is 0 Å². The van der Waals surface area contributed by atoms with Crippen LogP contribution >= 0.6 is 0 Å². The normalized spacial score (nSPS) is 13.8. The minimum atomic E-state index is -6.01. The first-order chi connectivity index (χ1) is 9.98.